The molecule has 3 fully saturated rings. The molecule has 7 nitrogen and oxygen atoms in total. The quantitative estimate of drug-likeness (QED) is 0.642. The van der Waals surface area contributed by atoms with Gasteiger partial charge in [-0.1, -0.05) is 12.8 Å². The Morgan fingerprint density at radius 2 is 2.05 bits per heavy atom. The van der Waals surface area contributed by atoms with Crippen LogP contribution in [0.3, 0.4) is 0 Å². The largest absolute Gasteiger partial charge is 0.350 e. The SMILES string of the molecule is CC(C(=O)NC1CCNC1)N1C(=O)NC2(CCCC2)C1=O.Cl. The molecular weight excluding hydrogens is 308 g/mol. The highest BCUT2D eigenvalue weighted by atomic mass is 35.5. The smallest absolute Gasteiger partial charge is 0.325 e. The van der Waals surface area contributed by atoms with Crippen LogP contribution in [0.2, 0.25) is 0 Å². The Labute approximate surface area is 136 Å². The van der Waals surface area contributed by atoms with Gasteiger partial charge in [-0.2, -0.15) is 0 Å². The van der Waals surface area contributed by atoms with Crippen LogP contribution in [0.4, 0.5) is 4.79 Å². The highest BCUT2D eigenvalue weighted by molar-refractivity contribution is 6.09. The minimum atomic E-state index is -0.766. The minimum Gasteiger partial charge on any atom is -0.350 e. The Morgan fingerprint density at radius 1 is 1.36 bits per heavy atom. The van der Waals surface area contributed by atoms with Crippen LogP contribution in [-0.2, 0) is 9.59 Å². The third-order valence-corrected chi connectivity index (χ3v) is 4.82. The van der Waals surface area contributed by atoms with Gasteiger partial charge < -0.3 is 16.0 Å². The number of hydrogen-bond donors (Lipinski definition) is 3. The van der Waals surface area contributed by atoms with Gasteiger partial charge in [-0.05, 0) is 32.7 Å². The van der Waals surface area contributed by atoms with Gasteiger partial charge in [0.2, 0.25) is 5.91 Å². The van der Waals surface area contributed by atoms with Crippen molar-refractivity contribution in [2.75, 3.05) is 13.1 Å². The van der Waals surface area contributed by atoms with Gasteiger partial charge in [0.05, 0.1) is 0 Å². The Morgan fingerprint density at radius 3 is 2.64 bits per heavy atom. The summed E-state index contributed by atoms with van der Waals surface area (Å²) in [5.41, 5.74) is -0.749. The van der Waals surface area contributed by atoms with E-state index in [9.17, 15) is 14.4 Å². The highest BCUT2D eigenvalue weighted by Crippen LogP contribution is 2.35. The van der Waals surface area contributed by atoms with Gasteiger partial charge in [-0.25, -0.2) is 9.69 Å². The molecule has 1 aliphatic carbocycles. The molecule has 2 unspecified atom stereocenters. The number of nitrogens with zero attached hydrogens (tertiary/aromatic N) is 1. The summed E-state index contributed by atoms with van der Waals surface area (Å²) in [7, 11) is 0. The first-order valence-electron chi connectivity index (χ1n) is 7.70. The van der Waals surface area contributed by atoms with Crippen molar-refractivity contribution in [2.24, 2.45) is 0 Å². The van der Waals surface area contributed by atoms with Gasteiger partial charge in [0, 0.05) is 12.6 Å². The van der Waals surface area contributed by atoms with Crippen molar-refractivity contribution in [3.63, 3.8) is 0 Å². The van der Waals surface area contributed by atoms with E-state index in [1.54, 1.807) is 6.92 Å². The molecule has 2 heterocycles. The zero-order chi connectivity index (χ0) is 15.0. The summed E-state index contributed by atoms with van der Waals surface area (Å²) < 4.78 is 0. The zero-order valence-corrected chi connectivity index (χ0v) is 13.5. The number of carbonyl (C=O) groups is 3. The van der Waals surface area contributed by atoms with Crippen molar-refractivity contribution in [1.82, 2.24) is 20.9 Å². The van der Waals surface area contributed by atoms with Crippen LogP contribution in [0.15, 0.2) is 0 Å². The molecule has 2 atom stereocenters. The summed E-state index contributed by atoms with van der Waals surface area (Å²) >= 11 is 0. The van der Waals surface area contributed by atoms with E-state index >= 15 is 0 Å². The van der Waals surface area contributed by atoms with Crippen LogP contribution < -0.4 is 16.0 Å². The van der Waals surface area contributed by atoms with Gasteiger partial charge in [0.15, 0.2) is 0 Å². The van der Waals surface area contributed by atoms with E-state index in [0.717, 1.165) is 37.3 Å². The first-order chi connectivity index (χ1) is 10.0. The van der Waals surface area contributed by atoms with Gasteiger partial charge in [-0.15, -0.1) is 12.4 Å². The molecule has 22 heavy (non-hydrogen) atoms. The first-order valence-corrected chi connectivity index (χ1v) is 7.70. The van der Waals surface area contributed by atoms with Crippen LogP contribution in [0.5, 0.6) is 0 Å². The molecule has 3 rings (SSSR count). The lowest BCUT2D eigenvalue weighted by molar-refractivity contribution is -0.138. The van der Waals surface area contributed by atoms with Gasteiger partial charge >= 0.3 is 6.03 Å². The van der Waals surface area contributed by atoms with Crippen LogP contribution >= 0.6 is 12.4 Å². The number of carbonyl (C=O) groups excluding carboxylic acids is 3. The second kappa shape index (κ2) is 6.42. The Hall–Kier alpha value is -1.34. The molecular formula is C14H23ClN4O3. The van der Waals surface area contributed by atoms with E-state index in [4.69, 9.17) is 0 Å². The number of rotatable bonds is 3. The topological polar surface area (TPSA) is 90.5 Å². The van der Waals surface area contributed by atoms with E-state index in [1.807, 2.05) is 0 Å². The summed E-state index contributed by atoms with van der Waals surface area (Å²) in [5.74, 6) is -0.501. The number of nitrogens with one attached hydrogen (secondary N) is 3. The standard InChI is InChI=1S/C14H22N4O3.ClH/c1-9(11(19)16-10-4-7-15-8-10)18-12(20)14(17-13(18)21)5-2-3-6-14;/h9-10,15H,2-8H2,1H3,(H,16,19)(H,17,21);1H. The first kappa shape index (κ1) is 17.0. The summed E-state index contributed by atoms with van der Waals surface area (Å²) in [4.78, 5) is 38.1. The fourth-order valence-corrected chi connectivity index (χ4v) is 3.53. The van der Waals surface area contributed by atoms with Crippen molar-refractivity contribution in [2.45, 2.75) is 56.7 Å². The zero-order valence-electron chi connectivity index (χ0n) is 12.7. The molecule has 0 radical (unpaired) electrons. The van der Waals surface area contributed by atoms with Crippen LogP contribution in [0.1, 0.15) is 39.0 Å². The van der Waals surface area contributed by atoms with Crippen molar-refractivity contribution < 1.29 is 14.4 Å². The van der Waals surface area contributed by atoms with Crippen molar-refractivity contribution >= 4 is 30.3 Å². The third-order valence-electron chi connectivity index (χ3n) is 4.82. The molecule has 0 aromatic carbocycles. The second-order valence-electron chi connectivity index (χ2n) is 6.27. The molecule has 2 saturated heterocycles. The number of hydrogen-bond acceptors (Lipinski definition) is 4. The Balaban J connectivity index is 0.00000176. The normalized spacial score (nSPS) is 27.7. The maximum atomic E-state index is 12.6. The van der Waals surface area contributed by atoms with Crippen molar-refractivity contribution in [3.05, 3.63) is 0 Å². The van der Waals surface area contributed by atoms with Crippen LogP contribution in [0.25, 0.3) is 0 Å². The lowest BCUT2D eigenvalue weighted by Crippen LogP contribution is -2.52. The highest BCUT2D eigenvalue weighted by Gasteiger charge is 2.54. The Bertz CT molecular complexity index is 473. The lowest BCUT2D eigenvalue weighted by Gasteiger charge is -2.24. The van der Waals surface area contributed by atoms with Gasteiger partial charge in [0.25, 0.3) is 5.91 Å². The predicted octanol–water partition coefficient (Wildman–Crippen LogP) is 0.139. The van der Waals surface area contributed by atoms with E-state index in [-0.39, 0.29) is 30.3 Å². The summed E-state index contributed by atoms with van der Waals surface area (Å²) in [6, 6.07) is -1.12. The number of amides is 4. The predicted molar refractivity (Wildman–Crippen MR) is 82.7 cm³/mol. The Kier molecular flexibility index (Phi) is 4.97. The summed E-state index contributed by atoms with van der Waals surface area (Å²) in [6.45, 7) is 3.23. The van der Waals surface area contributed by atoms with Crippen molar-refractivity contribution in [3.8, 4) is 0 Å². The van der Waals surface area contributed by atoms with E-state index < -0.39 is 17.6 Å². The number of urea groups is 1. The molecule has 0 bridgehead atoms. The maximum Gasteiger partial charge on any atom is 0.325 e. The molecule has 8 heteroatoms. The van der Waals surface area contributed by atoms with Crippen molar-refractivity contribution in [1.29, 1.82) is 0 Å². The minimum absolute atomic E-state index is 0. The summed E-state index contributed by atoms with van der Waals surface area (Å²) in [6.07, 6.45) is 4.11. The summed E-state index contributed by atoms with van der Waals surface area (Å²) in [5, 5.41) is 8.87. The molecule has 0 aromatic rings. The molecule has 1 saturated carbocycles. The second-order valence-corrected chi connectivity index (χ2v) is 6.27. The molecule has 4 amide bonds. The maximum absolute atomic E-state index is 12.6. The molecule has 1 spiro atoms. The average molecular weight is 331 g/mol. The van der Waals surface area contributed by atoms with Crippen LogP contribution in [0, 0.1) is 0 Å². The van der Waals surface area contributed by atoms with E-state index in [1.165, 1.54) is 0 Å². The number of imide groups is 1. The molecule has 2 aliphatic heterocycles. The average Bonchev–Trinajstić information content (AvgIpc) is 3.14. The number of halogens is 1. The monoisotopic (exact) mass is 330 g/mol. The lowest BCUT2D eigenvalue weighted by atomic mass is 9.97. The van der Waals surface area contributed by atoms with Gasteiger partial charge in [0.1, 0.15) is 11.6 Å². The van der Waals surface area contributed by atoms with E-state index in [0.29, 0.717) is 12.8 Å². The third kappa shape index (κ3) is 2.79. The molecule has 3 aliphatic rings. The molecule has 124 valence electrons. The molecule has 3 N–H and O–H groups in total. The van der Waals surface area contributed by atoms with Gasteiger partial charge in [-0.3, -0.25) is 9.59 Å². The fourth-order valence-electron chi connectivity index (χ4n) is 3.53. The van der Waals surface area contributed by atoms with Crippen LogP contribution in [-0.4, -0.2) is 53.5 Å². The molecule has 0 aromatic heterocycles. The van der Waals surface area contributed by atoms with E-state index in [2.05, 4.69) is 16.0 Å². The fraction of sp³-hybridized carbons (Fsp3) is 0.786.